The number of amides is 1. The molecule has 1 heterocycles. The molecule has 0 radical (unpaired) electrons. The summed E-state index contributed by atoms with van der Waals surface area (Å²) in [4.78, 5) is 22.6. The lowest BCUT2D eigenvalue weighted by molar-refractivity contribution is 0.0994. The summed E-state index contributed by atoms with van der Waals surface area (Å²) < 4.78 is 11.0. The molecule has 1 aliphatic rings. The molecule has 1 unspecified atom stereocenters. The van der Waals surface area contributed by atoms with E-state index in [1.54, 1.807) is 12.1 Å². The number of hydrogen-bond acceptors (Lipinski definition) is 5. The second kappa shape index (κ2) is 7.92. The third-order valence-electron chi connectivity index (χ3n) is 3.61. The topological polar surface area (TPSA) is 85.2 Å². The quantitative estimate of drug-likeness (QED) is 0.495. The normalized spacial score (nSPS) is 15.0. The first-order valence-electron chi connectivity index (χ1n) is 7.74. The Morgan fingerprint density at radius 1 is 1.57 bits per heavy atom. The average molecular weight is 317 g/mol. The summed E-state index contributed by atoms with van der Waals surface area (Å²) in [6.07, 6.45) is 6.00. The largest absolute Gasteiger partial charge is 0.535 e. The van der Waals surface area contributed by atoms with E-state index in [2.05, 4.69) is 5.18 Å². The number of fused-ring (bicyclic) bond motifs is 1. The van der Waals surface area contributed by atoms with Crippen LogP contribution in [-0.2, 0) is 6.42 Å². The first-order chi connectivity index (χ1) is 11.1. The summed E-state index contributed by atoms with van der Waals surface area (Å²) in [5.74, 6) is -0.353. The van der Waals surface area contributed by atoms with Gasteiger partial charge in [-0.1, -0.05) is 32.1 Å². The van der Waals surface area contributed by atoms with Crippen LogP contribution in [0.25, 0.3) is 0 Å². The standard InChI is InChI=1S/C16H20BNO5/c1-3-4-5-11(2)10-22-13-7-6-12-8-9-17(20)23-15(12)14(13)16(19)18-21/h4-7,11,20H,3,8-10H2,1-2H3/b5-4+. The van der Waals surface area contributed by atoms with Gasteiger partial charge in [-0.15, -0.1) is 4.91 Å². The van der Waals surface area contributed by atoms with Gasteiger partial charge in [0.2, 0.25) is 0 Å². The molecule has 122 valence electrons. The SMILES string of the molecule is CC/C=C/C(C)COc1ccc2c(c1C(=O)N=O)OB(O)CC2. The van der Waals surface area contributed by atoms with Crippen LogP contribution < -0.4 is 9.39 Å². The molecule has 0 saturated carbocycles. The zero-order valence-electron chi connectivity index (χ0n) is 13.3. The minimum Gasteiger partial charge on any atom is -0.535 e. The Morgan fingerprint density at radius 3 is 3.04 bits per heavy atom. The fourth-order valence-corrected chi connectivity index (χ4v) is 2.43. The predicted octanol–water partition coefficient (Wildman–Crippen LogP) is 2.99. The zero-order chi connectivity index (χ0) is 16.8. The molecule has 1 atom stereocenters. The van der Waals surface area contributed by atoms with Crippen molar-refractivity contribution in [3.05, 3.63) is 40.3 Å². The molecule has 1 aromatic carbocycles. The molecular weight excluding hydrogens is 297 g/mol. The van der Waals surface area contributed by atoms with Crippen molar-refractivity contribution in [2.45, 2.75) is 33.0 Å². The molecule has 0 saturated heterocycles. The van der Waals surface area contributed by atoms with Crippen molar-refractivity contribution < 1.29 is 19.2 Å². The van der Waals surface area contributed by atoms with E-state index in [9.17, 15) is 14.7 Å². The summed E-state index contributed by atoms with van der Waals surface area (Å²) in [6, 6.07) is 3.43. The summed E-state index contributed by atoms with van der Waals surface area (Å²) in [5, 5.41) is 12.1. The predicted molar refractivity (Wildman–Crippen MR) is 87.8 cm³/mol. The lowest BCUT2D eigenvalue weighted by atomic mass is 9.78. The molecule has 1 N–H and O–H groups in total. The molecule has 1 aromatic rings. The molecule has 7 heteroatoms. The lowest BCUT2D eigenvalue weighted by Crippen LogP contribution is -2.28. The number of nitrogens with zero attached hydrogens (tertiary/aromatic N) is 1. The molecule has 1 amide bonds. The van der Waals surface area contributed by atoms with Crippen LogP contribution in [0.15, 0.2) is 29.5 Å². The maximum Gasteiger partial charge on any atom is 0.522 e. The number of carbonyl (C=O) groups excluding carboxylic acids is 1. The second-order valence-electron chi connectivity index (χ2n) is 5.56. The van der Waals surface area contributed by atoms with Crippen LogP contribution in [0.4, 0.5) is 0 Å². The summed E-state index contributed by atoms with van der Waals surface area (Å²) in [7, 11) is -0.998. The van der Waals surface area contributed by atoms with Crippen LogP contribution in [0.2, 0.25) is 6.32 Å². The Labute approximate surface area is 135 Å². The first-order valence-corrected chi connectivity index (χ1v) is 7.74. The zero-order valence-corrected chi connectivity index (χ0v) is 13.3. The Balaban J connectivity index is 2.28. The Kier molecular flexibility index (Phi) is 5.93. The first kappa shape index (κ1) is 17.2. The van der Waals surface area contributed by atoms with Crippen molar-refractivity contribution >= 4 is 13.0 Å². The monoisotopic (exact) mass is 317 g/mol. The number of benzene rings is 1. The fraction of sp³-hybridized carbons (Fsp3) is 0.438. The van der Waals surface area contributed by atoms with Gasteiger partial charge in [-0.05, 0) is 30.8 Å². The van der Waals surface area contributed by atoms with Gasteiger partial charge in [-0.3, -0.25) is 4.79 Å². The van der Waals surface area contributed by atoms with E-state index in [1.807, 2.05) is 26.0 Å². The molecule has 0 aliphatic carbocycles. The maximum atomic E-state index is 11.9. The summed E-state index contributed by atoms with van der Waals surface area (Å²) >= 11 is 0. The summed E-state index contributed by atoms with van der Waals surface area (Å²) in [5.41, 5.74) is 0.747. The van der Waals surface area contributed by atoms with Gasteiger partial charge in [0.15, 0.2) is 0 Å². The Hall–Kier alpha value is -2.15. The lowest BCUT2D eigenvalue weighted by Gasteiger charge is -2.23. The van der Waals surface area contributed by atoms with Gasteiger partial charge in [0.05, 0.1) is 6.61 Å². The van der Waals surface area contributed by atoms with Crippen molar-refractivity contribution in [1.82, 2.24) is 0 Å². The Bertz CT molecular complexity index is 617. The van der Waals surface area contributed by atoms with Gasteiger partial charge in [0, 0.05) is 11.1 Å². The highest BCUT2D eigenvalue weighted by atomic mass is 16.5. The molecule has 23 heavy (non-hydrogen) atoms. The van der Waals surface area contributed by atoms with Crippen molar-refractivity contribution in [1.29, 1.82) is 0 Å². The van der Waals surface area contributed by atoms with Crippen LogP contribution >= 0.6 is 0 Å². The molecule has 2 rings (SSSR count). The van der Waals surface area contributed by atoms with Gasteiger partial charge in [-0.2, -0.15) is 0 Å². The molecule has 0 spiro atoms. The van der Waals surface area contributed by atoms with E-state index in [0.29, 0.717) is 19.3 Å². The number of hydrogen-bond donors (Lipinski definition) is 1. The minimum atomic E-state index is -0.998. The third-order valence-corrected chi connectivity index (χ3v) is 3.61. The van der Waals surface area contributed by atoms with Crippen LogP contribution in [-0.4, -0.2) is 24.7 Å². The van der Waals surface area contributed by atoms with E-state index in [-0.39, 0.29) is 23.0 Å². The van der Waals surface area contributed by atoms with Crippen molar-refractivity contribution in [3.63, 3.8) is 0 Å². The van der Waals surface area contributed by atoms with Crippen LogP contribution in [0.3, 0.4) is 0 Å². The number of aryl methyl sites for hydroxylation is 1. The number of nitroso groups, excluding NO2 is 1. The van der Waals surface area contributed by atoms with Gasteiger partial charge in [0.25, 0.3) is 0 Å². The Morgan fingerprint density at radius 2 is 2.35 bits per heavy atom. The number of carbonyl (C=O) groups is 1. The van der Waals surface area contributed by atoms with Crippen molar-refractivity contribution in [2.75, 3.05) is 6.61 Å². The number of allylic oxidation sites excluding steroid dienone is 1. The highest BCUT2D eigenvalue weighted by Crippen LogP contribution is 2.37. The smallest absolute Gasteiger partial charge is 0.522 e. The van der Waals surface area contributed by atoms with Crippen molar-refractivity contribution in [3.8, 4) is 11.5 Å². The maximum absolute atomic E-state index is 11.9. The molecular formula is C16H20BNO5. The molecule has 1 aliphatic heterocycles. The van der Waals surface area contributed by atoms with E-state index >= 15 is 0 Å². The van der Waals surface area contributed by atoms with Crippen LogP contribution in [0.1, 0.15) is 36.2 Å². The van der Waals surface area contributed by atoms with E-state index < -0.39 is 13.0 Å². The van der Waals surface area contributed by atoms with Gasteiger partial charge in [-0.25, -0.2) is 0 Å². The summed E-state index contributed by atoms with van der Waals surface area (Å²) in [6.45, 7) is 4.39. The molecule has 0 aromatic heterocycles. The fourth-order valence-electron chi connectivity index (χ4n) is 2.43. The number of ether oxygens (including phenoxy) is 1. The highest BCUT2D eigenvalue weighted by Gasteiger charge is 2.30. The van der Waals surface area contributed by atoms with Gasteiger partial charge < -0.3 is 14.4 Å². The van der Waals surface area contributed by atoms with Crippen molar-refractivity contribution in [2.24, 2.45) is 11.1 Å². The van der Waals surface area contributed by atoms with E-state index in [4.69, 9.17) is 9.39 Å². The number of rotatable bonds is 6. The van der Waals surface area contributed by atoms with Gasteiger partial charge in [0.1, 0.15) is 17.1 Å². The highest BCUT2D eigenvalue weighted by molar-refractivity contribution is 6.44. The van der Waals surface area contributed by atoms with E-state index in [1.165, 1.54) is 0 Å². The van der Waals surface area contributed by atoms with Gasteiger partial charge >= 0.3 is 13.0 Å². The molecule has 6 nitrogen and oxygen atoms in total. The molecule has 0 bridgehead atoms. The molecule has 0 fully saturated rings. The second-order valence-corrected chi connectivity index (χ2v) is 5.56. The van der Waals surface area contributed by atoms with Crippen LogP contribution in [0.5, 0.6) is 11.5 Å². The van der Waals surface area contributed by atoms with Crippen LogP contribution in [0, 0.1) is 10.8 Å². The average Bonchev–Trinajstić information content (AvgIpc) is 2.56. The third kappa shape index (κ3) is 4.19. The van der Waals surface area contributed by atoms with E-state index in [0.717, 1.165) is 12.0 Å². The minimum absolute atomic E-state index is 0.0112.